The predicted octanol–water partition coefficient (Wildman–Crippen LogP) is 2.84. The van der Waals surface area contributed by atoms with Gasteiger partial charge in [-0.25, -0.2) is 4.98 Å². The number of anilines is 2. The van der Waals surface area contributed by atoms with Gasteiger partial charge >= 0.3 is 0 Å². The second-order valence-electron chi connectivity index (χ2n) is 6.03. The highest BCUT2D eigenvalue weighted by atomic mass is 16.5. The largest absolute Gasteiger partial charge is 0.359 e. The number of benzene rings is 1. The minimum Gasteiger partial charge on any atom is -0.359 e. The van der Waals surface area contributed by atoms with Gasteiger partial charge in [-0.05, 0) is 38.5 Å². The molecule has 2 N–H and O–H groups in total. The number of nitrogens with one attached hydrogen (secondary N) is 2. The number of rotatable bonds is 4. The fraction of sp³-hybridized carbons (Fsp3) is 0.222. The molecule has 0 bridgehead atoms. The number of imidazole rings is 1. The zero-order chi connectivity index (χ0) is 18.8. The lowest BCUT2D eigenvalue weighted by molar-refractivity contribution is 0.101. The normalized spacial score (nSPS) is 10.6. The molecule has 8 heteroatoms. The molecule has 0 aliphatic rings. The molecule has 0 aliphatic carbocycles. The summed E-state index contributed by atoms with van der Waals surface area (Å²) in [4.78, 5) is 28.9. The van der Waals surface area contributed by atoms with E-state index >= 15 is 0 Å². The van der Waals surface area contributed by atoms with E-state index in [4.69, 9.17) is 4.52 Å². The van der Waals surface area contributed by atoms with E-state index in [2.05, 4.69) is 20.8 Å². The summed E-state index contributed by atoms with van der Waals surface area (Å²) in [6.07, 6.45) is 3.04. The van der Waals surface area contributed by atoms with Crippen LogP contribution in [0.4, 0.5) is 11.4 Å². The van der Waals surface area contributed by atoms with Gasteiger partial charge in [0.15, 0.2) is 5.76 Å². The molecule has 1 aromatic carbocycles. The van der Waals surface area contributed by atoms with Crippen molar-refractivity contribution in [1.82, 2.24) is 14.7 Å². The summed E-state index contributed by atoms with van der Waals surface area (Å²) >= 11 is 0. The van der Waals surface area contributed by atoms with Crippen LogP contribution < -0.4 is 10.6 Å². The molecule has 8 nitrogen and oxygen atoms in total. The number of aromatic nitrogens is 3. The minimum atomic E-state index is -0.310. The lowest BCUT2D eigenvalue weighted by atomic mass is 10.1. The van der Waals surface area contributed by atoms with Crippen LogP contribution >= 0.6 is 0 Å². The van der Waals surface area contributed by atoms with Gasteiger partial charge in [-0.1, -0.05) is 11.2 Å². The van der Waals surface area contributed by atoms with Gasteiger partial charge in [0.2, 0.25) is 0 Å². The smallest absolute Gasteiger partial charge is 0.273 e. The highest BCUT2D eigenvalue weighted by Crippen LogP contribution is 2.22. The molecule has 0 atom stereocenters. The van der Waals surface area contributed by atoms with Crippen LogP contribution in [0.3, 0.4) is 0 Å². The van der Waals surface area contributed by atoms with Crippen LogP contribution in [0.25, 0.3) is 0 Å². The molecule has 0 saturated heterocycles. The standard InChI is InChI=1S/C18H19N5O3/c1-10-5-6-13(17(24)21-16-11(2)22-26-12(16)3)7-14(10)20-18(25)15-8-19-9-23(15)4/h5-9H,1-4H3,(H,20,25)(H,21,24). The van der Waals surface area contributed by atoms with Gasteiger partial charge in [-0.3, -0.25) is 9.59 Å². The first-order valence-corrected chi connectivity index (χ1v) is 7.99. The van der Waals surface area contributed by atoms with Gasteiger partial charge < -0.3 is 19.7 Å². The number of carbonyl (C=O) groups is 2. The summed E-state index contributed by atoms with van der Waals surface area (Å²) in [5, 5.41) is 9.42. The maximum atomic E-state index is 12.5. The monoisotopic (exact) mass is 353 g/mol. The molecule has 0 aliphatic heterocycles. The van der Waals surface area contributed by atoms with Crippen LogP contribution in [-0.2, 0) is 7.05 Å². The topological polar surface area (TPSA) is 102 Å². The number of hydrogen-bond donors (Lipinski definition) is 2. The van der Waals surface area contributed by atoms with Crippen molar-refractivity contribution in [2.45, 2.75) is 20.8 Å². The summed E-state index contributed by atoms with van der Waals surface area (Å²) in [6, 6.07) is 5.11. The van der Waals surface area contributed by atoms with Crippen LogP contribution in [0, 0.1) is 20.8 Å². The van der Waals surface area contributed by atoms with E-state index in [0.29, 0.717) is 34.1 Å². The molecular formula is C18H19N5O3. The van der Waals surface area contributed by atoms with Crippen LogP contribution in [0.2, 0.25) is 0 Å². The highest BCUT2D eigenvalue weighted by Gasteiger charge is 2.16. The number of hydrogen-bond acceptors (Lipinski definition) is 5. The van der Waals surface area contributed by atoms with E-state index in [9.17, 15) is 9.59 Å². The Morgan fingerprint density at radius 3 is 2.50 bits per heavy atom. The first-order valence-electron chi connectivity index (χ1n) is 7.99. The zero-order valence-electron chi connectivity index (χ0n) is 15.0. The average Bonchev–Trinajstić information content (AvgIpc) is 3.17. The Morgan fingerprint density at radius 2 is 1.88 bits per heavy atom. The molecule has 3 rings (SSSR count). The first-order chi connectivity index (χ1) is 12.4. The third-order valence-corrected chi connectivity index (χ3v) is 4.07. The Bertz CT molecular complexity index is 967. The van der Waals surface area contributed by atoms with Crippen molar-refractivity contribution in [2.75, 3.05) is 10.6 Å². The first kappa shape index (κ1) is 17.4. The molecule has 2 heterocycles. The maximum absolute atomic E-state index is 12.5. The number of amides is 2. The van der Waals surface area contributed by atoms with Gasteiger partial charge in [0.1, 0.15) is 17.1 Å². The van der Waals surface area contributed by atoms with Crippen LogP contribution in [0.5, 0.6) is 0 Å². The summed E-state index contributed by atoms with van der Waals surface area (Å²) < 4.78 is 6.67. The summed E-state index contributed by atoms with van der Waals surface area (Å²) in [6.45, 7) is 5.33. The Kier molecular flexibility index (Phi) is 4.57. The van der Waals surface area contributed by atoms with Crippen molar-refractivity contribution >= 4 is 23.2 Å². The van der Waals surface area contributed by atoms with Crippen molar-refractivity contribution in [3.05, 3.63) is 59.0 Å². The molecule has 2 amide bonds. The van der Waals surface area contributed by atoms with Gasteiger partial charge in [-0.15, -0.1) is 0 Å². The molecular weight excluding hydrogens is 334 g/mol. The van der Waals surface area contributed by atoms with Gasteiger partial charge in [0.25, 0.3) is 11.8 Å². The van der Waals surface area contributed by atoms with E-state index in [1.165, 1.54) is 6.20 Å². The third-order valence-electron chi connectivity index (χ3n) is 4.07. The van der Waals surface area contributed by atoms with Crippen LogP contribution in [0.1, 0.15) is 37.9 Å². The predicted molar refractivity (Wildman–Crippen MR) is 96.3 cm³/mol. The number of carbonyl (C=O) groups excluding carboxylic acids is 2. The van der Waals surface area contributed by atoms with Crippen molar-refractivity contribution in [2.24, 2.45) is 7.05 Å². The molecule has 0 saturated carbocycles. The van der Waals surface area contributed by atoms with Crippen LogP contribution in [0.15, 0.2) is 35.2 Å². The Morgan fingerprint density at radius 1 is 1.12 bits per heavy atom. The quantitative estimate of drug-likeness (QED) is 0.751. The van der Waals surface area contributed by atoms with Crippen molar-refractivity contribution in [3.63, 3.8) is 0 Å². The maximum Gasteiger partial charge on any atom is 0.273 e. The van der Waals surface area contributed by atoms with Crippen molar-refractivity contribution in [3.8, 4) is 0 Å². The van der Waals surface area contributed by atoms with Crippen LogP contribution in [-0.4, -0.2) is 26.5 Å². The average molecular weight is 353 g/mol. The molecule has 0 spiro atoms. The summed E-state index contributed by atoms with van der Waals surface area (Å²) in [5.41, 5.74) is 3.40. The van der Waals surface area contributed by atoms with E-state index < -0.39 is 0 Å². The Hall–Kier alpha value is -3.42. The second-order valence-corrected chi connectivity index (χ2v) is 6.03. The lowest BCUT2D eigenvalue weighted by Crippen LogP contribution is -2.17. The molecule has 134 valence electrons. The molecule has 0 radical (unpaired) electrons. The van der Waals surface area contributed by atoms with E-state index in [0.717, 1.165) is 5.56 Å². The number of nitrogens with zero attached hydrogens (tertiary/aromatic N) is 3. The Balaban J connectivity index is 1.82. The fourth-order valence-corrected chi connectivity index (χ4v) is 2.51. The SMILES string of the molecule is Cc1ccc(C(=O)Nc2c(C)noc2C)cc1NC(=O)c1cncn1C. The summed E-state index contributed by atoms with van der Waals surface area (Å²) in [5.74, 6) is -0.0699. The van der Waals surface area contributed by atoms with E-state index in [1.807, 2.05) is 6.92 Å². The molecule has 3 aromatic rings. The van der Waals surface area contributed by atoms with Gasteiger partial charge in [0.05, 0.1) is 12.5 Å². The number of aryl methyl sites for hydroxylation is 4. The minimum absolute atomic E-state index is 0.295. The van der Waals surface area contributed by atoms with E-state index in [-0.39, 0.29) is 11.8 Å². The van der Waals surface area contributed by atoms with Gasteiger partial charge in [0, 0.05) is 18.3 Å². The second kappa shape index (κ2) is 6.83. The molecule has 26 heavy (non-hydrogen) atoms. The van der Waals surface area contributed by atoms with E-state index in [1.54, 1.807) is 50.0 Å². The fourth-order valence-electron chi connectivity index (χ4n) is 2.51. The Labute approximate surface area is 150 Å². The molecule has 0 fully saturated rings. The van der Waals surface area contributed by atoms with Crippen molar-refractivity contribution in [1.29, 1.82) is 0 Å². The molecule has 2 aromatic heterocycles. The van der Waals surface area contributed by atoms with Crippen molar-refractivity contribution < 1.29 is 14.1 Å². The lowest BCUT2D eigenvalue weighted by Gasteiger charge is -2.11. The zero-order valence-corrected chi connectivity index (χ0v) is 15.0. The highest BCUT2D eigenvalue weighted by molar-refractivity contribution is 6.07. The molecule has 0 unspecified atom stereocenters. The summed E-state index contributed by atoms with van der Waals surface area (Å²) in [7, 11) is 1.74. The third kappa shape index (κ3) is 3.34. The van der Waals surface area contributed by atoms with Gasteiger partial charge in [-0.2, -0.15) is 0 Å².